The van der Waals surface area contributed by atoms with Crippen molar-refractivity contribution in [3.63, 3.8) is 0 Å². The molecule has 0 atom stereocenters. The molecule has 134 valence electrons. The van der Waals surface area contributed by atoms with Crippen LogP contribution in [0.3, 0.4) is 0 Å². The number of allylic oxidation sites excluding steroid dienone is 1. The summed E-state index contributed by atoms with van der Waals surface area (Å²) in [4.78, 5) is 13.6. The number of halogens is 1. The maximum Gasteiger partial charge on any atom is 0.260 e. The number of hydrogen-bond donors (Lipinski definition) is 1. The van der Waals surface area contributed by atoms with Gasteiger partial charge in [0.2, 0.25) is 0 Å². The van der Waals surface area contributed by atoms with Crippen molar-refractivity contribution in [3.05, 3.63) is 76.6 Å². The number of fused-ring (bicyclic) bond motifs is 2. The first-order valence-electron chi connectivity index (χ1n) is 8.68. The van der Waals surface area contributed by atoms with Crippen molar-refractivity contribution in [1.29, 1.82) is 0 Å². The van der Waals surface area contributed by atoms with Crippen LogP contribution in [0.2, 0.25) is 0 Å². The fourth-order valence-corrected chi connectivity index (χ4v) is 4.89. The highest BCUT2D eigenvalue weighted by molar-refractivity contribution is 7.20. The van der Waals surface area contributed by atoms with Crippen LogP contribution in [0.15, 0.2) is 60.4 Å². The minimum Gasteiger partial charge on any atom is -0.482 e. The molecular formula is C22H16FNO2S. The number of benzene rings is 2. The molecule has 0 fully saturated rings. The molecule has 2 aliphatic heterocycles. The van der Waals surface area contributed by atoms with E-state index < -0.39 is 5.60 Å². The molecule has 2 aromatic carbocycles. The molecule has 1 N–H and O–H groups in total. The summed E-state index contributed by atoms with van der Waals surface area (Å²) in [5.74, 6) is -0.125. The molecule has 3 aromatic rings. The summed E-state index contributed by atoms with van der Waals surface area (Å²) in [5, 5.41) is 3.91. The number of carbonyl (C=O) groups is 1. The van der Waals surface area contributed by atoms with Crippen molar-refractivity contribution >= 4 is 44.2 Å². The molecule has 0 bridgehead atoms. The lowest BCUT2D eigenvalue weighted by atomic mass is 9.97. The monoisotopic (exact) mass is 377 g/mol. The minimum atomic E-state index is -0.563. The zero-order valence-electron chi connectivity index (χ0n) is 14.8. The van der Waals surface area contributed by atoms with Crippen molar-refractivity contribution in [2.45, 2.75) is 19.4 Å². The van der Waals surface area contributed by atoms with Crippen molar-refractivity contribution in [2.75, 3.05) is 5.32 Å². The molecule has 5 rings (SSSR count). The summed E-state index contributed by atoms with van der Waals surface area (Å²) in [5.41, 5.74) is 2.07. The minimum absolute atomic E-state index is 0.268. The topological polar surface area (TPSA) is 38.3 Å². The Morgan fingerprint density at radius 3 is 2.74 bits per heavy atom. The highest BCUT2D eigenvalue weighted by Crippen LogP contribution is 2.46. The Kier molecular flexibility index (Phi) is 3.34. The van der Waals surface area contributed by atoms with Gasteiger partial charge in [0.05, 0.1) is 11.3 Å². The third-order valence-electron chi connectivity index (χ3n) is 4.95. The molecule has 5 heteroatoms. The van der Waals surface area contributed by atoms with Crippen LogP contribution in [-0.2, 0) is 9.53 Å². The third-order valence-corrected chi connectivity index (χ3v) is 6.10. The van der Waals surface area contributed by atoms with Gasteiger partial charge in [-0.25, -0.2) is 4.39 Å². The number of amides is 1. The van der Waals surface area contributed by atoms with Crippen LogP contribution in [0.1, 0.15) is 24.3 Å². The predicted molar refractivity (Wildman–Crippen MR) is 107 cm³/mol. The van der Waals surface area contributed by atoms with E-state index in [-0.39, 0.29) is 11.7 Å². The highest BCUT2D eigenvalue weighted by atomic mass is 32.1. The maximum absolute atomic E-state index is 13.5. The second-order valence-electron chi connectivity index (χ2n) is 7.20. The van der Waals surface area contributed by atoms with E-state index >= 15 is 0 Å². The molecular weight excluding hydrogens is 361 g/mol. The lowest BCUT2D eigenvalue weighted by Gasteiger charge is -2.22. The van der Waals surface area contributed by atoms with Gasteiger partial charge in [0.25, 0.3) is 5.91 Å². The SMILES string of the molecule is CC1(C)O/C(=C2/C(=O)Nc3cc(F)ccc32)C=C1c1cc2ccccc2s1. The van der Waals surface area contributed by atoms with E-state index in [2.05, 4.69) is 23.5 Å². The number of hydrogen-bond acceptors (Lipinski definition) is 3. The van der Waals surface area contributed by atoms with Gasteiger partial charge < -0.3 is 10.1 Å². The smallest absolute Gasteiger partial charge is 0.260 e. The van der Waals surface area contributed by atoms with Crippen molar-refractivity contribution in [1.82, 2.24) is 0 Å². The van der Waals surface area contributed by atoms with Gasteiger partial charge in [0.1, 0.15) is 17.2 Å². The average molecular weight is 377 g/mol. The van der Waals surface area contributed by atoms with E-state index in [1.54, 1.807) is 17.4 Å². The zero-order valence-corrected chi connectivity index (χ0v) is 15.6. The van der Waals surface area contributed by atoms with Crippen LogP contribution < -0.4 is 5.32 Å². The summed E-state index contributed by atoms with van der Waals surface area (Å²) in [6.07, 6.45) is 1.94. The van der Waals surface area contributed by atoms with Crippen LogP contribution in [0.5, 0.6) is 0 Å². The molecule has 27 heavy (non-hydrogen) atoms. The molecule has 3 nitrogen and oxygen atoms in total. The largest absolute Gasteiger partial charge is 0.482 e. The Morgan fingerprint density at radius 1 is 1.11 bits per heavy atom. The number of carbonyl (C=O) groups excluding carboxylic acids is 1. The first-order chi connectivity index (χ1) is 12.9. The summed E-state index contributed by atoms with van der Waals surface area (Å²) in [6.45, 7) is 3.99. The quantitative estimate of drug-likeness (QED) is 0.561. The summed E-state index contributed by atoms with van der Waals surface area (Å²) < 4.78 is 20.9. The number of nitrogens with one attached hydrogen (secondary N) is 1. The van der Waals surface area contributed by atoms with Crippen LogP contribution >= 0.6 is 11.3 Å². The third kappa shape index (κ3) is 2.50. The van der Waals surface area contributed by atoms with Crippen LogP contribution in [0, 0.1) is 5.82 Å². The summed E-state index contributed by atoms with van der Waals surface area (Å²) in [7, 11) is 0. The van der Waals surface area contributed by atoms with Gasteiger partial charge in [-0.1, -0.05) is 18.2 Å². The molecule has 0 spiro atoms. The Bertz CT molecular complexity index is 1150. The van der Waals surface area contributed by atoms with Crippen molar-refractivity contribution in [3.8, 4) is 0 Å². The number of ether oxygens (including phenoxy) is 1. The van der Waals surface area contributed by atoms with Crippen molar-refractivity contribution < 1.29 is 13.9 Å². The Labute approximate surface area is 159 Å². The molecule has 1 aromatic heterocycles. The number of rotatable bonds is 1. The zero-order chi connectivity index (χ0) is 18.8. The van der Waals surface area contributed by atoms with Crippen LogP contribution in [0.4, 0.5) is 10.1 Å². The van der Waals surface area contributed by atoms with E-state index in [0.29, 0.717) is 22.6 Å². The van der Waals surface area contributed by atoms with Gasteiger partial charge in [0.15, 0.2) is 0 Å². The van der Waals surface area contributed by atoms with Gasteiger partial charge in [0, 0.05) is 20.7 Å². The fourth-order valence-electron chi connectivity index (χ4n) is 3.66. The normalized spacial score (nSPS) is 20.4. The molecule has 0 aliphatic carbocycles. The van der Waals surface area contributed by atoms with E-state index in [0.717, 1.165) is 10.5 Å². The van der Waals surface area contributed by atoms with E-state index in [1.807, 2.05) is 32.1 Å². The van der Waals surface area contributed by atoms with E-state index in [4.69, 9.17) is 4.74 Å². The van der Waals surface area contributed by atoms with Crippen LogP contribution in [-0.4, -0.2) is 11.5 Å². The Balaban J connectivity index is 1.67. The molecule has 0 radical (unpaired) electrons. The Hall–Kier alpha value is -2.92. The maximum atomic E-state index is 13.5. The Morgan fingerprint density at radius 2 is 1.93 bits per heavy atom. The van der Waals surface area contributed by atoms with Crippen LogP contribution in [0.25, 0.3) is 21.2 Å². The molecule has 0 saturated carbocycles. The van der Waals surface area contributed by atoms with Gasteiger partial charge in [-0.2, -0.15) is 0 Å². The molecule has 1 amide bonds. The standard InChI is InChI=1S/C22H16FNO2S/c1-22(2)15(19-9-12-5-3-4-6-18(12)27-19)11-17(26-22)20-14-8-7-13(23)10-16(14)24-21(20)25/h3-11H,1-2H3,(H,24,25)/b20-17+. The second kappa shape index (κ2) is 5.54. The molecule has 0 saturated heterocycles. The molecule has 3 heterocycles. The fraction of sp³-hybridized carbons (Fsp3) is 0.136. The lowest BCUT2D eigenvalue weighted by Crippen LogP contribution is -2.20. The second-order valence-corrected chi connectivity index (χ2v) is 8.29. The first kappa shape index (κ1) is 16.3. The highest BCUT2D eigenvalue weighted by Gasteiger charge is 2.38. The summed E-state index contributed by atoms with van der Waals surface area (Å²) in [6, 6.07) is 14.7. The average Bonchev–Trinajstić information content (AvgIpc) is 3.25. The number of anilines is 1. The predicted octanol–water partition coefficient (Wildman–Crippen LogP) is 5.60. The van der Waals surface area contributed by atoms with Gasteiger partial charge >= 0.3 is 0 Å². The summed E-state index contributed by atoms with van der Waals surface area (Å²) >= 11 is 1.71. The lowest BCUT2D eigenvalue weighted by molar-refractivity contribution is -0.111. The van der Waals surface area contributed by atoms with Gasteiger partial charge in [-0.3, -0.25) is 4.79 Å². The van der Waals surface area contributed by atoms with E-state index in [1.165, 1.54) is 22.2 Å². The number of thiophene rings is 1. The van der Waals surface area contributed by atoms with Crippen molar-refractivity contribution in [2.24, 2.45) is 0 Å². The first-order valence-corrected chi connectivity index (χ1v) is 9.50. The van der Waals surface area contributed by atoms with Gasteiger partial charge in [-0.05, 0) is 55.6 Å². The molecule has 0 unspecified atom stereocenters. The van der Waals surface area contributed by atoms with E-state index in [9.17, 15) is 9.18 Å². The molecule has 2 aliphatic rings. The van der Waals surface area contributed by atoms with Gasteiger partial charge in [-0.15, -0.1) is 11.3 Å².